The average Bonchev–Trinajstić information content (AvgIpc) is 2.83. The number of rotatable bonds is 5. The number of carbonyl (C=O) groups is 1. The quantitative estimate of drug-likeness (QED) is 0.922. The zero-order valence-corrected chi connectivity index (χ0v) is 11.6. The van der Waals surface area contributed by atoms with Crippen LogP contribution in [0.2, 0.25) is 0 Å². The lowest BCUT2D eigenvalue weighted by molar-refractivity contribution is -0.0499. The molecule has 1 N–H and O–H groups in total. The number of nitrogens with zero attached hydrogens (tertiary/aromatic N) is 2. The van der Waals surface area contributed by atoms with Crippen molar-refractivity contribution in [3.05, 3.63) is 47.3 Å². The van der Waals surface area contributed by atoms with Gasteiger partial charge in [-0.15, -0.1) is 0 Å². The van der Waals surface area contributed by atoms with Gasteiger partial charge in [-0.05, 0) is 25.1 Å². The molecule has 0 atom stereocenters. The Morgan fingerprint density at radius 3 is 2.86 bits per heavy atom. The predicted molar refractivity (Wildman–Crippen MR) is 72.2 cm³/mol. The molecule has 0 saturated heterocycles. The summed E-state index contributed by atoms with van der Waals surface area (Å²) in [5, 5.41) is 6.68. The van der Waals surface area contributed by atoms with E-state index < -0.39 is 6.61 Å². The molecular weight excluding hydrogens is 280 g/mol. The van der Waals surface area contributed by atoms with Crippen LogP contribution >= 0.6 is 0 Å². The number of H-pyrrole nitrogens is 1. The molecule has 0 fully saturated rings. The first kappa shape index (κ1) is 15.0. The fourth-order valence-electron chi connectivity index (χ4n) is 1.89. The van der Waals surface area contributed by atoms with E-state index in [-0.39, 0.29) is 17.2 Å². The highest BCUT2D eigenvalue weighted by molar-refractivity contribution is 5.94. The molecule has 1 heterocycles. The lowest BCUT2D eigenvalue weighted by Gasteiger charge is -2.17. The molecule has 0 bridgehead atoms. The molecule has 0 radical (unpaired) electrons. The highest BCUT2D eigenvalue weighted by Crippen LogP contribution is 2.18. The molecule has 2 aromatic rings. The number of ether oxygens (including phenoxy) is 1. The third-order valence-electron chi connectivity index (χ3n) is 2.99. The number of halogens is 2. The number of nitrogens with one attached hydrogen (secondary N) is 1. The molecule has 5 nitrogen and oxygen atoms in total. The van der Waals surface area contributed by atoms with E-state index in [0.717, 1.165) is 11.3 Å². The molecule has 21 heavy (non-hydrogen) atoms. The fourth-order valence-corrected chi connectivity index (χ4v) is 1.89. The van der Waals surface area contributed by atoms with Gasteiger partial charge in [-0.3, -0.25) is 9.89 Å². The summed E-state index contributed by atoms with van der Waals surface area (Å²) in [6, 6.07) is 5.73. The molecule has 1 aromatic carbocycles. The number of hydrogen-bond donors (Lipinski definition) is 1. The second kappa shape index (κ2) is 6.34. The second-order valence-corrected chi connectivity index (χ2v) is 4.59. The first-order valence-electron chi connectivity index (χ1n) is 6.26. The van der Waals surface area contributed by atoms with Gasteiger partial charge in [-0.25, -0.2) is 0 Å². The van der Waals surface area contributed by atoms with Gasteiger partial charge < -0.3 is 9.64 Å². The Morgan fingerprint density at radius 1 is 1.48 bits per heavy atom. The van der Waals surface area contributed by atoms with Crippen molar-refractivity contribution in [2.75, 3.05) is 7.05 Å². The summed E-state index contributed by atoms with van der Waals surface area (Å²) in [6.45, 7) is -0.680. The normalized spacial score (nSPS) is 10.7. The maximum Gasteiger partial charge on any atom is 0.387 e. The van der Waals surface area contributed by atoms with Crippen molar-refractivity contribution in [2.24, 2.45) is 0 Å². The molecule has 0 aliphatic rings. The summed E-state index contributed by atoms with van der Waals surface area (Å²) in [6.07, 6.45) is 1.65. The summed E-state index contributed by atoms with van der Waals surface area (Å²) in [5.41, 5.74) is 2.06. The maximum absolute atomic E-state index is 12.3. The SMILES string of the molecule is Cc1[nH]ncc1CN(C)C(=O)c1cccc(OC(F)F)c1. The Bertz CT molecular complexity index is 628. The maximum atomic E-state index is 12.3. The lowest BCUT2D eigenvalue weighted by Crippen LogP contribution is -2.26. The van der Waals surface area contributed by atoms with E-state index in [4.69, 9.17) is 0 Å². The van der Waals surface area contributed by atoms with E-state index in [0.29, 0.717) is 6.54 Å². The summed E-state index contributed by atoms with van der Waals surface area (Å²) in [4.78, 5) is 13.8. The van der Waals surface area contributed by atoms with Gasteiger partial charge in [0, 0.05) is 30.4 Å². The standard InChI is InChI=1S/C14H15F2N3O2/c1-9-11(7-17-18-9)8-19(2)13(20)10-4-3-5-12(6-10)21-14(15)16/h3-7,14H,8H2,1-2H3,(H,17,18). The van der Waals surface area contributed by atoms with E-state index >= 15 is 0 Å². The molecule has 1 amide bonds. The molecule has 2 rings (SSSR count). The van der Waals surface area contributed by atoms with Crippen LogP contribution in [-0.4, -0.2) is 34.7 Å². The Kier molecular flexibility index (Phi) is 4.52. The zero-order valence-electron chi connectivity index (χ0n) is 11.6. The predicted octanol–water partition coefficient (Wildman–Crippen LogP) is 2.59. The number of alkyl halides is 2. The molecule has 1 aromatic heterocycles. The largest absolute Gasteiger partial charge is 0.435 e. The van der Waals surface area contributed by atoms with Crippen LogP contribution in [0.15, 0.2) is 30.5 Å². The van der Waals surface area contributed by atoms with Crippen LogP contribution in [0.3, 0.4) is 0 Å². The van der Waals surface area contributed by atoms with Gasteiger partial charge in [0.25, 0.3) is 5.91 Å². The Hall–Kier alpha value is -2.44. The van der Waals surface area contributed by atoms with Crippen LogP contribution in [0.5, 0.6) is 5.75 Å². The third-order valence-corrected chi connectivity index (χ3v) is 2.99. The second-order valence-electron chi connectivity index (χ2n) is 4.59. The van der Waals surface area contributed by atoms with E-state index in [1.165, 1.54) is 23.1 Å². The van der Waals surface area contributed by atoms with Crippen LogP contribution in [0.25, 0.3) is 0 Å². The number of hydrogen-bond acceptors (Lipinski definition) is 3. The molecule has 0 unspecified atom stereocenters. The summed E-state index contributed by atoms with van der Waals surface area (Å²) in [7, 11) is 1.63. The summed E-state index contributed by atoms with van der Waals surface area (Å²) in [5.74, 6) is -0.320. The van der Waals surface area contributed by atoms with Crippen LogP contribution < -0.4 is 4.74 Å². The molecule has 0 aliphatic heterocycles. The number of amides is 1. The van der Waals surface area contributed by atoms with Gasteiger partial charge in [-0.1, -0.05) is 6.07 Å². The molecule has 0 spiro atoms. The molecule has 112 valence electrons. The van der Waals surface area contributed by atoms with Crippen LogP contribution in [0.4, 0.5) is 8.78 Å². The number of aryl methyl sites for hydroxylation is 1. The Labute approximate surface area is 120 Å². The van der Waals surface area contributed by atoms with Gasteiger partial charge in [0.1, 0.15) is 5.75 Å². The fraction of sp³-hybridized carbons (Fsp3) is 0.286. The van der Waals surface area contributed by atoms with E-state index in [1.807, 2.05) is 6.92 Å². The summed E-state index contributed by atoms with van der Waals surface area (Å²) >= 11 is 0. The first-order chi connectivity index (χ1) is 9.97. The van der Waals surface area contributed by atoms with Crippen molar-refractivity contribution in [2.45, 2.75) is 20.1 Å². The van der Waals surface area contributed by atoms with Crippen molar-refractivity contribution >= 4 is 5.91 Å². The van der Waals surface area contributed by atoms with Crippen LogP contribution in [0.1, 0.15) is 21.6 Å². The summed E-state index contributed by atoms with van der Waals surface area (Å²) < 4.78 is 28.7. The zero-order chi connectivity index (χ0) is 15.4. The van der Waals surface area contributed by atoms with Gasteiger partial charge in [0.05, 0.1) is 6.20 Å². The Morgan fingerprint density at radius 2 is 2.24 bits per heavy atom. The molecule has 0 saturated carbocycles. The van der Waals surface area contributed by atoms with Crippen LogP contribution in [-0.2, 0) is 6.54 Å². The van der Waals surface area contributed by atoms with Crippen molar-refractivity contribution in [1.82, 2.24) is 15.1 Å². The first-order valence-corrected chi connectivity index (χ1v) is 6.26. The number of aromatic amines is 1. The molecule has 0 aliphatic carbocycles. The highest BCUT2D eigenvalue weighted by atomic mass is 19.3. The smallest absolute Gasteiger partial charge is 0.387 e. The van der Waals surface area contributed by atoms with Gasteiger partial charge >= 0.3 is 6.61 Å². The minimum Gasteiger partial charge on any atom is -0.435 e. The average molecular weight is 295 g/mol. The van der Waals surface area contributed by atoms with Crippen LogP contribution in [0, 0.1) is 6.92 Å². The van der Waals surface area contributed by atoms with Gasteiger partial charge in [0.15, 0.2) is 0 Å². The number of benzene rings is 1. The topological polar surface area (TPSA) is 58.2 Å². The van der Waals surface area contributed by atoms with Crippen molar-refractivity contribution in [3.63, 3.8) is 0 Å². The van der Waals surface area contributed by atoms with E-state index in [9.17, 15) is 13.6 Å². The highest BCUT2D eigenvalue weighted by Gasteiger charge is 2.15. The lowest BCUT2D eigenvalue weighted by atomic mass is 10.1. The minimum atomic E-state index is -2.92. The Balaban J connectivity index is 2.10. The van der Waals surface area contributed by atoms with E-state index in [2.05, 4.69) is 14.9 Å². The minimum absolute atomic E-state index is 0.0382. The molecule has 7 heteroatoms. The van der Waals surface area contributed by atoms with Crippen molar-refractivity contribution in [3.8, 4) is 5.75 Å². The van der Waals surface area contributed by atoms with Gasteiger partial charge in [0.2, 0.25) is 0 Å². The van der Waals surface area contributed by atoms with Crippen molar-refractivity contribution < 1.29 is 18.3 Å². The third kappa shape index (κ3) is 3.77. The molecular formula is C14H15F2N3O2. The monoisotopic (exact) mass is 295 g/mol. The van der Waals surface area contributed by atoms with E-state index in [1.54, 1.807) is 19.3 Å². The number of aromatic nitrogens is 2. The van der Waals surface area contributed by atoms with Gasteiger partial charge in [-0.2, -0.15) is 13.9 Å². The number of carbonyl (C=O) groups excluding carboxylic acids is 1. The van der Waals surface area contributed by atoms with Crippen molar-refractivity contribution in [1.29, 1.82) is 0 Å².